The van der Waals surface area contributed by atoms with E-state index in [9.17, 15) is 24.2 Å². The molecule has 0 aliphatic carbocycles. The number of carbonyl (C=O) groups excluding carboxylic acids is 2. The van der Waals surface area contributed by atoms with E-state index in [4.69, 9.17) is 13.8 Å². The maximum atomic E-state index is 12.1. The van der Waals surface area contributed by atoms with Crippen LogP contribution in [0.4, 0.5) is 0 Å². The van der Waals surface area contributed by atoms with E-state index in [0.717, 1.165) is 44.9 Å². The molecule has 0 aromatic heterocycles. The van der Waals surface area contributed by atoms with Crippen LogP contribution < -0.4 is 5.32 Å². The number of aliphatic hydroxyl groups is 1. The van der Waals surface area contributed by atoms with Crippen LogP contribution in [-0.4, -0.2) is 54.3 Å². The minimum absolute atomic E-state index is 0.0807. The molecule has 0 aromatic rings. The molecule has 0 radical (unpaired) electrons. The average molecular weight is 788 g/mol. The number of amides is 1. The van der Waals surface area contributed by atoms with E-state index in [-0.39, 0.29) is 32.1 Å². The SMILES string of the molecule is CCCCCCC/C=C\CCCCCCCC(=O)NCCOP(=O)(O)OCC(O)COC(=O)CCCCCCCCCCCCCCCCCCCCC. The molecular formula is C44H86NO8P. The van der Waals surface area contributed by atoms with Crippen LogP contribution in [0.1, 0.15) is 226 Å². The van der Waals surface area contributed by atoms with E-state index in [0.29, 0.717) is 6.42 Å². The van der Waals surface area contributed by atoms with Gasteiger partial charge in [-0.1, -0.05) is 187 Å². The summed E-state index contributed by atoms with van der Waals surface area (Å²) in [6.45, 7) is 3.57. The number of unbranched alkanes of at least 4 members (excludes halogenated alkanes) is 28. The fourth-order valence-corrected chi connectivity index (χ4v) is 7.25. The maximum absolute atomic E-state index is 12.1. The number of carbonyl (C=O) groups is 2. The van der Waals surface area contributed by atoms with E-state index in [1.165, 1.54) is 154 Å². The zero-order valence-corrected chi connectivity index (χ0v) is 36.1. The first-order chi connectivity index (χ1) is 26.3. The highest BCUT2D eigenvalue weighted by atomic mass is 31.2. The molecule has 2 unspecified atom stereocenters. The Hall–Kier alpha value is -1.25. The van der Waals surface area contributed by atoms with Crippen molar-refractivity contribution in [3.8, 4) is 0 Å². The zero-order chi connectivity index (χ0) is 39.6. The Morgan fingerprint density at radius 2 is 0.944 bits per heavy atom. The summed E-state index contributed by atoms with van der Waals surface area (Å²) in [5.41, 5.74) is 0. The number of hydrogen-bond donors (Lipinski definition) is 3. The lowest BCUT2D eigenvalue weighted by Crippen LogP contribution is -2.27. The third-order valence-electron chi connectivity index (χ3n) is 9.95. The van der Waals surface area contributed by atoms with Crippen LogP contribution in [0.15, 0.2) is 12.2 Å². The lowest BCUT2D eigenvalue weighted by molar-refractivity contribution is -0.147. The normalized spacial score (nSPS) is 13.3. The first-order valence-corrected chi connectivity index (χ1v) is 24.2. The third-order valence-corrected chi connectivity index (χ3v) is 10.9. The van der Waals surface area contributed by atoms with Crippen LogP contribution in [0.3, 0.4) is 0 Å². The van der Waals surface area contributed by atoms with Crippen molar-refractivity contribution in [2.75, 3.05) is 26.4 Å². The minimum Gasteiger partial charge on any atom is -0.463 e. The fourth-order valence-electron chi connectivity index (χ4n) is 6.49. The number of ether oxygens (including phenoxy) is 1. The number of allylic oxidation sites excluding steroid dienone is 2. The van der Waals surface area contributed by atoms with E-state index in [1.54, 1.807) is 0 Å². The van der Waals surface area contributed by atoms with Crippen LogP contribution in [-0.2, 0) is 27.9 Å². The highest BCUT2D eigenvalue weighted by Crippen LogP contribution is 2.42. The van der Waals surface area contributed by atoms with Crippen molar-refractivity contribution in [1.82, 2.24) is 5.32 Å². The molecule has 0 aliphatic heterocycles. The molecule has 0 heterocycles. The average Bonchev–Trinajstić information content (AvgIpc) is 3.16. The second kappa shape index (κ2) is 41.4. The van der Waals surface area contributed by atoms with Gasteiger partial charge < -0.3 is 20.1 Å². The molecule has 9 nitrogen and oxygen atoms in total. The number of rotatable bonds is 43. The summed E-state index contributed by atoms with van der Waals surface area (Å²) in [5, 5.41) is 12.7. The first-order valence-electron chi connectivity index (χ1n) is 22.7. The summed E-state index contributed by atoms with van der Waals surface area (Å²) in [4.78, 5) is 33.9. The zero-order valence-electron chi connectivity index (χ0n) is 35.2. The van der Waals surface area contributed by atoms with E-state index >= 15 is 0 Å². The Morgan fingerprint density at radius 3 is 1.39 bits per heavy atom. The van der Waals surface area contributed by atoms with Crippen LogP contribution in [0.5, 0.6) is 0 Å². The Balaban J connectivity index is 3.55. The molecule has 0 aliphatic rings. The van der Waals surface area contributed by atoms with Gasteiger partial charge in [0, 0.05) is 19.4 Å². The van der Waals surface area contributed by atoms with Crippen molar-refractivity contribution in [2.24, 2.45) is 0 Å². The van der Waals surface area contributed by atoms with Gasteiger partial charge in [-0.3, -0.25) is 18.6 Å². The largest absolute Gasteiger partial charge is 0.472 e. The number of phosphoric ester groups is 1. The summed E-state index contributed by atoms with van der Waals surface area (Å²) in [7, 11) is -4.41. The first kappa shape index (κ1) is 52.8. The quantitative estimate of drug-likeness (QED) is 0.0241. The van der Waals surface area contributed by atoms with E-state index in [1.807, 2.05) is 0 Å². The molecule has 10 heteroatoms. The second-order valence-electron chi connectivity index (χ2n) is 15.4. The molecule has 1 amide bonds. The van der Waals surface area contributed by atoms with Crippen LogP contribution in [0.25, 0.3) is 0 Å². The molecule has 0 saturated heterocycles. The topological polar surface area (TPSA) is 131 Å². The Labute approximate surface area is 332 Å². The van der Waals surface area contributed by atoms with Crippen molar-refractivity contribution in [3.63, 3.8) is 0 Å². The van der Waals surface area contributed by atoms with Crippen molar-refractivity contribution >= 4 is 19.7 Å². The number of phosphoric acid groups is 1. The highest BCUT2D eigenvalue weighted by molar-refractivity contribution is 7.47. The molecule has 3 N–H and O–H groups in total. The summed E-state index contributed by atoms with van der Waals surface area (Å²) in [6, 6.07) is 0. The number of aliphatic hydroxyl groups excluding tert-OH is 1. The van der Waals surface area contributed by atoms with Gasteiger partial charge in [0.05, 0.1) is 13.2 Å². The lowest BCUT2D eigenvalue weighted by Gasteiger charge is -2.15. The molecule has 0 rings (SSSR count). The minimum atomic E-state index is -4.41. The predicted molar refractivity (Wildman–Crippen MR) is 225 cm³/mol. The van der Waals surface area contributed by atoms with Gasteiger partial charge in [0.2, 0.25) is 5.91 Å². The molecule has 2 atom stereocenters. The van der Waals surface area contributed by atoms with Gasteiger partial charge in [-0.05, 0) is 38.5 Å². The van der Waals surface area contributed by atoms with Gasteiger partial charge in [0.15, 0.2) is 0 Å². The van der Waals surface area contributed by atoms with Gasteiger partial charge in [0.25, 0.3) is 0 Å². The fraction of sp³-hybridized carbons (Fsp3) is 0.909. The Morgan fingerprint density at radius 1 is 0.556 bits per heavy atom. The van der Waals surface area contributed by atoms with Gasteiger partial charge in [0.1, 0.15) is 12.7 Å². The van der Waals surface area contributed by atoms with Gasteiger partial charge in [-0.15, -0.1) is 0 Å². The standard InChI is InChI=1S/C44H86NO8P/c1-3-5-7-9-11-13-15-17-19-20-21-22-23-25-27-29-31-33-35-37-44(48)51-40-42(46)41-53-54(49,50)52-39-38-45-43(47)36-34-32-30-28-26-24-18-16-14-12-10-8-6-4-2/h16,18,42,46H,3-15,17,19-41H2,1-2H3,(H,45,47)(H,49,50)/b18-16-. The van der Waals surface area contributed by atoms with E-state index in [2.05, 4.69) is 31.3 Å². The summed E-state index contributed by atoms with van der Waals surface area (Å²) < 4.78 is 26.9. The summed E-state index contributed by atoms with van der Waals surface area (Å²) in [5.74, 6) is -0.515. The number of esters is 1. The molecule has 0 spiro atoms. The van der Waals surface area contributed by atoms with Crippen molar-refractivity contribution < 1.29 is 37.9 Å². The Kier molecular flexibility index (Phi) is 40.4. The summed E-state index contributed by atoms with van der Waals surface area (Å²) >= 11 is 0. The molecule has 0 bridgehead atoms. The second-order valence-corrected chi connectivity index (χ2v) is 16.8. The van der Waals surface area contributed by atoms with Crippen molar-refractivity contribution in [2.45, 2.75) is 232 Å². The molecule has 0 aromatic carbocycles. The molecule has 0 saturated carbocycles. The van der Waals surface area contributed by atoms with Crippen LogP contribution >= 0.6 is 7.82 Å². The van der Waals surface area contributed by atoms with E-state index < -0.39 is 26.5 Å². The molecule has 54 heavy (non-hydrogen) atoms. The lowest BCUT2D eigenvalue weighted by atomic mass is 10.0. The van der Waals surface area contributed by atoms with Crippen LogP contribution in [0, 0.1) is 0 Å². The van der Waals surface area contributed by atoms with Crippen molar-refractivity contribution in [1.29, 1.82) is 0 Å². The Bertz CT molecular complexity index is 902. The maximum Gasteiger partial charge on any atom is 0.472 e. The number of hydrogen-bond acceptors (Lipinski definition) is 7. The molecular weight excluding hydrogens is 701 g/mol. The van der Waals surface area contributed by atoms with Crippen LogP contribution in [0.2, 0.25) is 0 Å². The van der Waals surface area contributed by atoms with Gasteiger partial charge >= 0.3 is 13.8 Å². The number of nitrogens with one attached hydrogen (secondary N) is 1. The molecule has 0 fully saturated rings. The van der Waals surface area contributed by atoms with Gasteiger partial charge in [-0.25, -0.2) is 4.57 Å². The van der Waals surface area contributed by atoms with Crippen molar-refractivity contribution in [3.05, 3.63) is 12.2 Å². The predicted octanol–water partition coefficient (Wildman–Crippen LogP) is 12.6. The summed E-state index contributed by atoms with van der Waals surface area (Å²) in [6.07, 6.45) is 42.8. The highest BCUT2D eigenvalue weighted by Gasteiger charge is 2.23. The molecule has 320 valence electrons. The third kappa shape index (κ3) is 41.9. The van der Waals surface area contributed by atoms with Gasteiger partial charge in [-0.2, -0.15) is 0 Å². The monoisotopic (exact) mass is 788 g/mol. The smallest absolute Gasteiger partial charge is 0.463 e.